The smallest absolute Gasteiger partial charge is 0.271 e. The van der Waals surface area contributed by atoms with Crippen LogP contribution in [0.3, 0.4) is 0 Å². The van der Waals surface area contributed by atoms with E-state index in [4.69, 9.17) is 9.47 Å². The van der Waals surface area contributed by atoms with Crippen molar-refractivity contribution in [1.82, 2.24) is 20.2 Å². The third-order valence-corrected chi connectivity index (χ3v) is 10.5. The summed E-state index contributed by atoms with van der Waals surface area (Å²) in [6.45, 7) is 5.09. The second kappa shape index (κ2) is 16.8. The first-order chi connectivity index (χ1) is 26.3. The number of likely N-dealkylation sites (N-methyl/N-ethyl adjacent to an activating group) is 1. The van der Waals surface area contributed by atoms with Crippen LogP contribution in [0.5, 0.6) is 0 Å². The van der Waals surface area contributed by atoms with E-state index in [2.05, 4.69) is 45.3 Å². The second-order valence-electron chi connectivity index (χ2n) is 14.1. The van der Waals surface area contributed by atoms with Gasteiger partial charge in [-0.3, -0.25) is 14.7 Å². The number of para-hydroxylation sites is 2. The van der Waals surface area contributed by atoms with E-state index in [1.807, 2.05) is 123 Å². The van der Waals surface area contributed by atoms with Gasteiger partial charge in [0.25, 0.3) is 5.91 Å². The molecular formula is C45H46N4O5. The molecule has 1 saturated heterocycles. The lowest BCUT2D eigenvalue weighted by molar-refractivity contribution is -0.276. The maximum Gasteiger partial charge on any atom is 0.271 e. The summed E-state index contributed by atoms with van der Waals surface area (Å²) >= 11 is 0. The fourth-order valence-electron chi connectivity index (χ4n) is 6.98. The number of aliphatic hydroxyl groups is 2. The first kappa shape index (κ1) is 37.0. The highest BCUT2D eigenvalue weighted by molar-refractivity contribution is 5.93. The Morgan fingerprint density at radius 3 is 2.26 bits per heavy atom. The van der Waals surface area contributed by atoms with Crippen molar-refractivity contribution >= 4 is 16.9 Å². The number of carbonyl (C=O) groups excluding carboxylic acids is 1. The molecule has 0 spiro atoms. The summed E-state index contributed by atoms with van der Waals surface area (Å²) in [6, 6.07) is 41.3. The molecule has 9 heteroatoms. The number of nitrogens with zero attached hydrogens (tertiary/aromatic N) is 3. The lowest BCUT2D eigenvalue weighted by atomic mass is 9.89. The molecule has 3 N–H and O–H groups in total. The molecule has 276 valence electrons. The van der Waals surface area contributed by atoms with Gasteiger partial charge in [0.2, 0.25) is 0 Å². The first-order valence-corrected chi connectivity index (χ1v) is 18.4. The van der Waals surface area contributed by atoms with Crippen LogP contribution in [-0.2, 0) is 22.6 Å². The minimum atomic E-state index is -0.648. The average Bonchev–Trinajstić information content (AvgIpc) is 3.23. The largest absolute Gasteiger partial charge is 0.392 e. The Morgan fingerprint density at radius 1 is 0.815 bits per heavy atom. The Kier molecular flexibility index (Phi) is 11.5. The first-order valence-electron chi connectivity index (χ1n) is 18.4. The lowest BCUT2D eigenvalue weighted by Gasteiger charge is -2.43. The molecule has 1 aliphatic rings. The molecule has 1 fully saturated rings. The lowest BCUT2D eigenvalue weighted by Crippen LogP contribution is -2.46. The van der Waals surface area contributed by atoms with Crippen LogP contribution < -0.4 is 5.32 Å². The van der Waals surface area contributed by atoms with E-state index in [1.54, 1.807) is 0 Å². The number of rotatable bonds is 12. The molecule has 6 atom stereocenters. The highest BCUT2D eigenvalue weighted by Crippen LogP contribution is 2.42. The minimum Gasteiger partial charge on any atom is -0.392 e. The Balaban J connectivity index is 1.06. The van der Waals surface area contributed by atoms with Crippen molar-refractivity contribution in [3.8, 4) is 11.1 Å². The standard InChI is InChI=1S/C45H46N4O5/c1-29-41(27-49(3)30(2)42(51)34-11-5-4-6-12-34)53-45(54-43(29)35-18-16-31(28-50)17-19-35)36-22-20-33(21-23-36)37-13-9-10-32(24-37)25-47-44(52)40-26-46-38-14-7-8-15-39(38)48-40/h4-24,26,29-30,41-43,45,50-51H,25,27-28H2,1-3H3,(H,47,52)/t29-,30-,41+,42-,43+,45+/m0/s1. The van der Waals surface area contributed by atoms with Gasteiger partial charge in [-0.25, -0.2) is 4.98 Å². The van der Waals surface area contributed by atoms with Crippen molar-refractivity contribution < 1.29 is 24.5 Å². The van der Waals surface area contributed by atoms with E-state index >= 15 is 0 Å². The molecule has 5 aromatic carbocycles. The van der Waals surface area contributed by atoms with Crippen LogP contribution in [0.2, 0.25) is 0 Å². The zero-order chi connectivity index (χ0) is 37.6. The Bertz CT molecular complexity index is 2160. The SMILES string of the molecule is C[C@H]1[C@@H](CN(C)[C@@H](C)[C@H](O)c2ccccc2)O[C@@H](c2ccc(-c3cccc(CNC(=O)c4cnc5ccccc5n4)c3)cc2)O[C@H]1c1ccc(CO)cc1. The van der Waals surface area contributed by atoms with Gasteiger partial charge in [0.05, 0.1) is 42.1 Å². The van der Waals surface area contributed by atoms with Crippen LogP contribution in [0.1, 0.15) is 70.7 Å². The monoisotopic (exact) mass is 722 g/mol. The zero-order valence-corrected chi connectivity index (χ0v) is 30.7. The average molecular weight is 723 g/mol. The number of amides is 1. The Labute approximate surface area is 316 Å². The van der Waals surface area contributed by atoms with Gasteiger partial charge in [0, 0.05) is 30.6 Å². The molecule has 2 heterocycles. The molecule has 0 aliphatic carbocycles. The van der Waals surface area contributed by atoms with E-state index in [-0.39, 0.29) is 42.4 Å². The molecule has 0 radical (unpaired) electrons. The quantitative estimate of drug-likeness (QED) is 0.119. The number of fused-ring (bicyclic) bond motifs is 1. The zero-order valence-electron chi connectivity index (χ0n) is 30.7. The van der Waals surface area contributed by atoms with Crippen molar-refractivity contribution in [1.29, 1.82) is 0 Å². The second-order valence-corrected chi connectivity index (χ2v) is 14.1. The summed E-state index contributed by atoms with van der Waals surface area (Å²) in [5.41, 5.74) is 8.34. The van der Waals surface area contributed by atoms with E-state index in [0.717, 1.165) is 44.5 Å². The predicted molar refractivity (Wildman–Crippen MR) is 209 cm³/mol. The van der Waals surface area contributed by atoms with Crippen molar-refractivity contribution in [2.75, 3.05) is 13.6 Å². The summed E-state index contributed by atoms with van der Waals surface area (Å²) in [7, 11) is 2.02. The van der Waals surface area contributed by atoms with Crippen LogP contribution >= 0.6 is 0 Å². The number of ether oxygens (including phenoxy) is 2. The molecular weight excluding hydrogens is 677 g/mol. The molecule has 0 saturated carbocycles. The van der Waals surface area contributed by atoms with Crippen LogP contribution in [0.25, 0.3) is 22.2 Å². The number of nitrogens with one attached hydrogen (secondary N) is 1. The Morgan fingerprint density at radius 2 is 1.52 bits per heavy atom. The molecule has 1 aliphatic heterocycles. The highest BCUT2D eigenvalue weighted by atomic mass is 16.7. The van der Waals surface area contributed by atoms with Gasteiger partial charge < -0.3 is 25.0 Å². The molecule has 1 amide bonds. The molecule has 54 heavy (non-hydrogen) atoms. The van der Waals surface area contributed by atoms with Gasteiger partial charge >= 0.3 is 0 Å². The van der Waals surface area contributed by atoms with E-state index in [0.29, 0.717) is 18.6 Å². The summed E-state index contributed by atoms with van der Waals surface area (Å²) in [5.74, 6) is -0.278. The van der Waals surface area contributed by atoms with Crippen LogP contribution in [0.15, 0.2) is 134 Å². The maximum absolute atomic E-state index is 12.9. The van der Waals surface area contributed by atoms with Crippen LogP contribution in [0, 0.1) is 5.92 Å². The molecule has 6 aromatic rings. The number of hydrogen-bond acceptors (Lipinski definition) is 8. The molecule has 0 bridgehead atoms. The van der Waals surface area contributed by atoms with Crippen molar-refractivity contribution in [2.24, 2.45) is 5.92 Å². The number of hydrogen-bond donors (Lipinski definition) is 3. The van der Waals surface area contributed by atoms with E-state index in [9.17, 15) is 15.0 Å². The molecule has 1 aromatic heterocycles. The van der Waals surface area contributed by atoms with Gasteiger partial charge in [0.1, 0.15) is 5.69 Å². The predicted octanol–water partition coefficient (Wildman–Crippen LogP) is 7.56. The fraction of sp³-hybridized carbons (Fsp3) is 0.267. The van der Waals surface area contributed by atoms with Crippen molar-refractivity contribution in [2.45, 2.75) is 57.6 Å². The Hall–Kier alpha value is -5.29. The van der Waals surface area contributed by atoms with Crippen molar-refractivity contribution in [3.05, 3.63) is 167 Å². The van der Waals surface area contributed by atoms with Crippen LogP contribution in [0.4, 0.5) is 0 Å². The highest BCUT2D eigenvalue weighted by Gasteiger charge is 2.39. The fourth-order valence-corrected chi connectivity index (χ4v) is 6.98. The van der Waals surface area contributed by atoms with E-state index in [1.165, 1.54) is 6.20 Å². The third kappa shape index (κ3) is 8.41. The number of aromatic nitrogens is 2. The van der Waals surface area contributed by atoms with Gasteiger partial charge in [0.15, 0.2) is 6.29 Å². The normalized spacial score (nSPS) is 19.7. The van der Waals surface area contributed by atoms with Crippen molar-refractivity contribution in [3.63, 3.8) is 0 Å². The maximum atomic E-state index is 12.9. The summed E-state index contributed by atoms with van der Waals surface area (Å²) in [4.78, 5) is 23.9. The summed E-state index contributed by atoms with van der Waals surface area (Å²) in [6.07, 6.45) is -0.219. The third-order valence-electron chi connectivity index (χ3n) is 10.5. The topological polar surface area (TPSA) is 117 Å². The molecule has 0 unspecified atom stereocenters. The summed E-state index contributed by atoms with van der Waals surface area (Å²) in [5, 5.41) is 23.8. The van der Waals surface area contributed by atoms with Gasteiger partial charge in [-0.1, -0.05) is 116 Å². The van der Waals surface area contributed by atoms with Gasteiger partial charge in [-0.2, -0.15) is 0 Å². The van der Waals surface area contributed by atoms with Gasteiger partial charge in [-0.15, -0.1) is 0 Å². The number of benzene rings is 5. The molecule has 7 rings (SSSR count). The minimum absolute atomic E-state index is 0.000490. The van der Waals surface area contributed by atoms with E-state index < -0.39 is 12.4 Å². The number of carbonyl (C=O) groups is 1. The summed E-state index contributed by atoms with van der Waals surface area (Å²) < 4.78 is 13.4. The number of aliphatic hydroxyl groups excluding tert-OH is 2. The van der Waals surface area contributed by atoms with Gasteiger partial charge in [-0.05, 0) is 65.6 Å². The molecule has 9 nitrogen and oxygen atoms in total. The van der Waals surface area contributed by atoms with Crippen LogP contribution in [-0.4, -0.2) is 56.7 Å².